The van der Waals surface area contributed by atoms with Crippen LogP contribution in [0.5, 0.6) is 0 Å². The van der Waals surface area contributed by atoms with E-state index in [2.05, 4.69) is 42.7 Å². The minimum absolute atomic E-state index is 0.0430. The molecule has 0 aliphatic heterocycles. The first kappa shape index (κ1) is 20.9. The van der Waals surface area contributed by atoms with E-state index in [4.69, 9.17) is 4.74 Å². The summed E-state index contributed by atoms with van der Waals surface area (Å²) in [4.78, 5) is 13.3. The molecule has 0 radical (unpaired) electrons. The molecule has 0 aliphatic rings. The van der Waals surface area contributed by atoms with Gasteiger partial charge in [-0.15, -0.1) is 18.5 Å². The van der Waals surface area contributed by atoms with E-state index < -0.39 is 5.60 Å². The molecule has 3 unspecified atom stereocenters. The summed E-state index contributed by atoms with van der Waals surface area (Å²) in [5.74, 6) is -0.0430. The van der Waals surface area contributed by atoms with Crippen LogP contribution in [-0.4, -0.2) is 12.9 Å². The Balaban J connectivity index is 1.87. The summed E-state index contributed by atoms with van der Waals surface area (Å²) in [6, 6.07) is 24.3. The van der Waals surface area contributed by atoms with Gasteiger partial charge in [-0.25, -0.2) is 0 Å². The van der Waals surface area contributed by atoms with E-state index in [1.54, 1.807) is 7.11 Å². The molecule has 4 heteroatoms. The maximum Gasteiger partial charge on any atom is 0.198 e. The number of carbonyl (C=O) groups excluding carboxylic acids is 1. The molecule has 0 N–H and O–H groups in total. The number of rotatable bonds is 7. The van der Waals surface area contributed by atoms with Gasteiger partial charge in [-0.1, -0.05) is 72.8 Å². The van der Waals surface area contributed by atoms with Crippen LogP contribution in [0.4, 0.5) is 0 Å². The van der Waals surface area contributed by atoms with E-state index in [-0.39, 0.29) is 5.78 Å². The normalized spacial score (nSPS) is 13.1. The Morgan fingerprint density at radius 1 is 0.786 bits per heavy atom. The first-order chi connectivity index (χ1) is 13.5. The van der Waals surface area contributed by atoms with Crippen molar-refractivity contribution in [3.05, 3.63) is 95.1 Å². The van der Waals surface area contributed by atoms with E-state index in [9.17, 15) is 4.79 Å². The third-order valence-electron chi connectivity index (χ3n) is 5.25. The lowest BCUT2D eigenvalue weighted by Gasteiger charge is -2.27. The van der Waals surface area contributed by atoms with E-state index in [1.165, 1.54) is 11.1 Å². The first-order valence-corrected chi connectivity index (χ1v) is 10.9. The number of ketones is 1. The third-order valence-corrected chi connectivity index (χ3v) is 6.19. The molecule has 3 aromatic carbocycles. The fourth-order valence-electron chi connectivity index (χ4n) is 3.22. The van der Waals surface area contributed by atoms with Crippen molar-refractivity contribution < 1.29 is 9.53 Å². The minimum atomic E-state index is -1.01. The quantitative estimate of drug-likeness (QED) is 0.362. The van der Waals surface area contributed by atoms with Crippen LogP contribution in [0.15, 0.2) is 72.8 Å². The van der Waals surface area contributed by atoms with Crippen LogP contribution < -0.4 is 0 Å². The maximum atomic E-state index is 13.3. The molecule has 0 saturated carbocycles. The largest absolute Gasteiger partial charge is 0.366 e. The zero-order valence-electron chi connectivity index (χ0n) is 16.3. The monoisotopic (exact) mass is 408 g/mol. The lowest BCUT2D eigenvalue weighted by molar-refractivity contribution is 0.0101. The van der Waals surface area contributed by atoms with E-state index in [0.717, 1.165) is 29.0 Å². The Morgan fingerprint density at radius 3 is 1.64 bits per heavy atom. The topological polar surface area (TPSA) is 26.3 Å². The highest BCUT2D eigenvalue weighted by atomic mass is 31.0. The van der Waals surface area contributed by atoms with Crippen molar-refractivity contribution in [1.29, 1.82) is 0 Å². The second-order valence-corrected chi connectivity index (χ2v) is 7.76. The number of ether oxygens (including phenoxy) is 1. The predicted octanol–water partition coefficient (Wildman–Crippen LogP) is 5.85. The Bertz CT molecular complexity index is 932. The highest BCUT2D eigenvalue weighted by Gasteiger charge is 2.35. The fraction of sp³-hybridized carbons (Fsp3) is 0.208. The smallest absolute Gasteiger partial charge is 0.198 e. The van der Waals surface area contributed by atoms with Crippen molar-refractivity contribution in [2.75, 3.05) is 7.11 Å². The van der Waals surface area contributed by atoms with Crippen molar-refractivity contribution in [3.63, 3.8) is 0 Å². The van der Waals surface area contributed by atoms with Crippen molar-refractivity contribution in [1.82, 2.24) is 0 Å². The Morgan fingerprint density at radius 2 is 1.21 bits per heavy atom. The fourth-order valence-corrected chi connectivity index (χ4v) is 3.77. The Kier molecular flexibility index (Phi) is 6.78. The van der Waals surface area contributed by atoms with Gasteiger partial charge in [0.2, 0.25) is 0 Å². The van der Waals surface area contributed by atoms with Crippen LogP contribution in [0.3, 0.4) is 0 Å². The van der Waals surface area contributed by atoms with E-state index >= 15 is 0 Å². The average Bonchev–Trinajstić information content (AvgIpc) is 2.78. The summed E-state index contributed by atoms with van der Waals surface area (Å²) in [7, 11) is 7.03. The van der Waals surface area contributed by atoms with Crippen LogP contribution in [0.2, 0.25) is 0 Å². The number of hydrogen-bond donors (Lipinski definition) is 0. The number of Topliss-reactive ketones (excluding diaryl/α,β-unsaturated/α-hetero) is 1. The Labute approximate surface area is 172 Å². The number of hydrogen-bond acceptors (Lipinski definition) is 2. The summed E-state index contributed by atoms with van der Waals surface area (Å²) in [6.45, 7) is 1.83. The summed E-state index contributed by atoms with van der Waals surface area (Å²) in [6.07, 6.45) is 1.83. The second kappa shape index (κ2) is 9.10. The van der Waals surface area contributed by atoms with Crippen LogP contribution >= 0.6 is 18.5 Å². The SMILES string of the molecule is COC(C)(C(=O)c1ccc(-c2ccc(CP)cc2)cc1)c1ccc(CP)cc1. The molecule has 0 fully saturated rings. The van der Waals surface area contributed by atoms with Crippen molar-refractivity contribution >= 4 is 24.3 Å². The lowest BCUT2D eigenvalue weighted by Crippen LogP contribution is -2.34. The van der Waals surface area contributed by atoms with Gasteiger partial charge in [-0.3, -0.25) is 4.79 Å². The van der Waals surface area contributed by atoms with Gasteiger partial charge in [0.05, 0.1) is 0 Å². The van der Waals surface area contributed by atoms with Crippen molar-refractivity contribution in [2.45, 2.75) is 24.8 Å². The Hall–Kier alpha value is -1.85. The van der Waals surface area contributed by atoms with Crippen LogP contribution in [-0.2, 0) is 22.7 Å². The number of benzene rings is 3. The van der Waals surface area contributed by atoms with Crippen LogP contribution in [0, 0.1) is 0 Å². The molecule has 28 heavy (non-hydrogen) atoms. The number of methoxy groups -OCH3 is 1. The lowest BCUT2D eigenvalue weighted by atomic mass is 9.86. The maximum absolute atomic E-state index is 13.3. The summed E-state index contributed by atoms with van der Waals surface area (Å²) >= 11 is 0. The summed E-state index contributed by atoms with van der Waals surface area (Å²) in [5.41, 5.74) is 5.21. The van der Waals surface area contributed by atoms with Gasteiger partial charge in [0, 0.05) is 12.7 Å². The molecule has 3 rings (SSSR count). The molecule has 0 heterocycles. The summed E-state index contributed by atoms with van der Waals surface area (Å²) in [5, 5.41) is 0. The minimum Gasteiger partial charge on any atom is -0.366 e. The highest BCUT2D eigenvalue weighted by molar-refractivity contribution is 7.15. The molecule has 0 saturated heterocycles. The molecule has 3 aromatic rings. The average molecular weight is 408 g/mol. The second-order valence-electron chi connectivity index (χ2n) is 6.95. The van der Waals surface area contributed by atoms with Gasteiger partial charge < -0.3 is 4.74 Å². The molecule has 0 amide bonds. The molecule has 0 aromatic heterocycles. The summed E-state index contributed by atoms with van der Waals surface area (Å²) < 4.78 is 5.70. The molecule has 0 spiro atoms. The van der Waals surface area contributed by atoms with E-state index in [0.29, 0.717) is 5.56 Å². The molecule has 144 valence electrons. The molecular formula is C24H26O2P2. The molecule has 2 nitrogen and oxygen atoms in total. The van der Waals surface area contributed by atoms with Gasteiger partial charge in [0.1, 0.15) is 0 Å². The zero-order chi connectivity index (χ0) is 20.1. The predicted molar refractivity (Wildman–Crippen MR) is 124 cm³/mol. The first-order valence-electron chi connectivity index (χ1n) is 9.30. The van der Waals surface area contributed by atoms with Crippen molar-refractivity contribution in [2.24, 2.45) is 0 Å². The van der Waals surface area contributed by atoms with Gasteiger partial charge in [0.15, 0.2) is 11.4 Å². The molecule has 0 bridgehead atoms. The van der Waals surface area contributed by atoms with Gasteiger partial charge in [-0.05, 0) is 47.1 Å². The van der Waals surface area contributed by atoms with Gasteiger partial charge >= 0.3 is 0 Å². The van der Waals surface area contributed by atoms with Gasteiger partial charge in [0.25, 0.3) is 0 Å². The van der Waals surface area contributed by atoms with Gasteiger partial charge in [-0.2, -0.15) is 0 Å². The van der Waals surface area contributed by atoms with Crippen LogP contribution in [0.25, 0.3) is 11.1 Å². The molecule has 0 aliphatic carbocycles. The number of carbonyl (C=O) groups is 1. The van der Waals surface area contributed by atoms with Crippen LogP contribution in [0.1, 0.15) is 34.0 Å². The molecule has 3 atom stereocenters. The standard InChI is InChI=1S/C24H26O2P2/c1-24(26-2,22-13-5-18(16-28)6-14-22)23(25)21-11-9-20(10-12-21)19-7-3-17(15-27)4-8-19/h3-14H,15-16,27-28H2,1-2H3. The third kappa shape index (κ3) is 4.26. The van der Waals surface area contributed by atoms with Crippen molar-refractivity contribution in [3.8, 4) is 11.1 Å². The molecular weight excluding hydrogens is 382 g/mol. The van der Waals surface area contributed by atoms with E-state index in [1.807, 2.05) is 55.5 Å². The zero-order valence-corrected chi connectivity index (χ0v) is 18.6. The highest BCUT2D eigenvalue weighted by Crippen LogP contribution is 2.30.